The van der Waals surface area contributed by atoms with Gasteiger partial charge in [0.2, 0.25) is 0 Å². The Morgan fingerprint density at radius 2 is 1.70 bits per heavy atom. The van der Waals surface area contributed by atoms with Gasteiger partial charge in [0, 0.05) is 18.0 Å². The second kappa shape index (κ2) is 6.65. The average molecular weight is 331 g/mol. The van der Waals surface area contributed by atoms with Crippen molar-refractivity contribution in [2.24, 2.45) is 0 Å². The van der Waals surface area contributed by atoms with E-state index < -0.39 is 0 Å². The predicted octanol–water partition coefficient (Wildman–Crippen LogP) is 4.03. The molecule has 0 spiro atoms. The molecule has 5 nitrogen and oxygen atoms in total. The Balaban J connectivity index is 0.000000247. The molecule has 20 heavy (non-hydrogen) atoms. The van der Waals surface area contributed by atoms with Crippen LogP contribution in [0.4, 0.5) is 5.69 Å². The molecule has 2 aromatic heterocycles. The monoisotopic (exact) mass is 329 g/mol. The third-order valence-electron chi connectivity index (χ3n) is 2.37. The van der Waals surface area contributed by atoms with Gasteiger partial charge < -0.3 is 5.73 Å². The molecular formula is C12H10Cl3N5. The van der Waals surface area contributed by atoms with Gasteiger partial charge in [-0.1, -0.05) is 34.8 Å². The van der Waals surface area contributed by atoms with Crippen LogP contribution in [0.25, 0.3) is 11.3 Å². The summed E-state index contributed by atoms with van der Waals surface area (Å²) in [5.41, 5.74) is 7.40. The molecule has 0 aliphatic carbocycles. The Labute approximate surface area is 130 Å². The smallest absolute Gasteiger partial charge is 0.0862 e. The lowest BCUT2D eigenvalue weighted by molar-refractivity contribution is 1.09. The number of nitrogens with two attached hydrogens (primary N) is 1. The molecule has 4 N–H and O–H groups in total. The van der Waals surface area contributed by atoms with E-state index in [9.17, 15) is 0 Å². The first-order valence-electron chi connectivity index (χ1n) is 5.47. The molecule has 1 aromatic carbocycles. The lowest BCUT2D eigenvalue weighted by Crippen LogP contribution is -1.89. The molecular weight excluding hydrogens is 321 g/mol. The average Bonchev–Trinajstić information content (AvgIpc) is 3.09. The van der Waals surface area contributed by atoms with Crippen molar-refractivity contribution in [1.29, 1.82) is 0 Å². The van der Waals surface area contributed by atoms with Gasteiger partial charge in [-0.15, -0.1) is 0 Å². The molecule has 3 rings (SSSR count). The minimum Gasteiger partial charge on any atom is -0.396 e. The number of hydrogen-bond acceptors (Lipinski definition) is 3. The number of aromatic amines is 2. The van der Waals surface area contributed by atoms with Crippen LogP contribution in [-0.2, 0) is 0 Å². The third kappa shape index (κ3) is 3.45. The van der Waals surface area contributed by atoms with E-state index in [0.717, 1.165) is 5.56 Å². The number of benzene rings is 1. The number of halogens is 3. The predicted molar refractivity (Wildman–Crippen MR) is 82.1 cm³/mol. The molecule has 3 aromatic rings. The molecule has 8 heteroatoms. The molecule has 2 heterocycles. The fourth-order valence-corrected chi connectivity index (χ4v) is 2.10. The van der Waals surface area contributed by atoms with Gasteiger partial charge in [0.15, 0.2) is 0 Å². The molecule has 0 aliphatic heterocycles. The summed E-state index contributed by atoms with van der Waals surface area (Å²) in [6.45, 7) is 0. The maximum atomic E-state index is 5.91. The number of anilines is 1. The van der Waals surface area contributed by atoms with E-state index in [-0.39, 0.29) is 0 Å². The number of hydrogen-bond donors (Lipinski definition) is 3. The van der Waals surface area contributed by atoms with E-state index in [0.29, 0.717) is 26.4 Å². The molecule has 0 unspecified atom stereocenters. The number of rotatable bonds is 1. The molecule has 0 fully saturated rings. The third-order valence-corrected chi connectivity index (χ3v) is 3.28. The molecule has 0 atom stereocenters. The summed E-state index contributed by atoms with van der Waals surface area (Å²) in [4.78, 5) is 0. The zero-order valence-electron chi connectivity index (χ0n) is 10.1. The number of nitrogen functional groups attached to an aromatic ring is 1. The Hall–Kier alpha value is -1.69. The molecule has 0 amide bonds. The van der Waals surface area contributed by atoms with Gasteiger partial charge in [-0.2, -0.15) is 10.2 Å². The van der Waals surface area contributed by atoms with Crippen molar-refractivity contribution >= 4 is 40.5 Å². The molecule has 104 valence electrons. The maximum absolute atomic E-state index is 5.91. The van der Waals surface area contributed by atoms with Crippen LogP contribution in [0.2, 0.25) is 15.1 Å². The van der Waals surface area contributed by atoms with Gasteiger partial charge in [-0.3, -0.25) is 10.2 Å². The van der Waals surface area contributed by atoms with Gasteiger partial charge >= 0.3 is 0 Å². The van der Waals surface area contributed by atoms with E-state index in [1.54, 1.807) is 24.5 Å². The second-order valence-corrected chi connectivity index (χ2v) is 4.93. The van der Waals surface area contributed by atoms with E-state index in [2.05, 4.69) is 20.4 Å². The first-order chi connectivity index (χ1) is 9.59. The van der Waals surface area contributed by atoms with Crippen LogP contribution in [0, 0.1) is 0 Å². The minimum atomic E-state index is 0.359. The standard InChI is InChI=1S/C9H6Cl3N3.C3H4N2/c10-5-1-4(2-6(11)8(5)13)9-7(12)3-14-15-9;1-2-4-5-3-1/h1-3H,13H2,(H,14,15);1-3H,(H,4,5). The van der Waals surface area contributed by atoms with Crippen LogP contribution in [0.1, 0.15) is 0 Å². The molecule has 0 aliphatic rings. The highest BCUT2D eigenvalue weighted by Gasteiger charge is 2.10. The summed E-state index contributed by atoms with van der Waals surface area (Å²) in [5.74, 6) is 0. The van der Waals surface area contributed by atoms with Crippen molar-refractivity contribution in [3.05, 3.63) is 51.9 Å². The topological polar surface area (TPSA) is 83.4 Å². The summed E-state index contributed by atoms with van der Waals surface area (Å²) in [6.07, 6.45) is 4.97. The molecule has 0 saturated carbocycles. The summed E-state index contributed by atoms with van der Waals surface area (Å²) < 4.78 is 0. The Kier molecular flexibility index (Phi) is 4.89. The van der Waals surface area contributed by atoms with Crippen LogP contribution in [-0.4, -0.2) is 20.4 Å². The Morgan fingerprint density at radius 3 is 2.10 bits per heavy atom. The van der Waals surface area contributed by atoms with Crippen LogP contribution in [0.15, 0.2) is 36.8 Å². The lowest BCUT2D eigenvalue weighted by atomic mass is 10.1. The van der Waals surface area contributed by atoms with Crippen molar-refractivity contribution in [2.45, 2.75) is 0 Å². The first-order valence-corrected chi connectivity index (χ1v) is 6.60. The Bertz CT molecular complexity index is 638. The quantitative estimate of drug-likeness (QED) is 0.589. The van der Waals surface area contributed by atoms with Crippen molar-refractivity contribution in [1.82, 2.24) is 20.4 Å². The highest BCUT2D eigenvalue weighted by atomic mass is 35.5. The first kappa shape index (κ1) is 14.7. The normalized spacial score (nSPS) is 9.95. The van der Waals surface area contributed by atoms with Crippen LogP contribution in [0.3, 0.4) is 0 Å². The summed E-state index contributed by atoms with van der Waals surface area (Å²) in [5, 5.41) is 14.1. The van der Waals surface area contributed by atoms with Gasteiger partial charge in [0.1, 0.15) is 0 Å². The molecule has 0 bridgehead atoms. The lowest BCUT2D eigenvalue weighted by Gasteiger charge is -2.04. The van der Waals surface area contributed by atoms with Crippen molar-refractivity contribution in [3.8, 4) is 11.3 Å². The number of nitrogens with zero attached hydrogens (tertiary/aromatic N) is 2. The summed E-state index contributed by atoms with van der Waals surface area (Å²) in [6, 6.07) is 5.20. The van der Waals surface area contributed by atoms with Crippen LogP contribution in [0.5, 0.6) is 0 Å². The SMILES string of the molecule is Nc1c(Cl)cc(-c2[nH]ncc2Cl)cc1Cl.c1cn[nH]c1. The number of aromatic nitrogens is 4. The maximum Gasteiger partial charge on any atom is 0.0862 e. The highest BCUT2D eigenvalue weighted by Crippen LogP contribution is 2.34. The Morgan fingerprint density at radius 1 is 1.00 bits per heavy atom. The fraction of sp³-hybridized carbons (Fsp3) is 0. The number of H-pyrrole nitrogens is 2. The number of nitrogens with one attached hydrogen (secondary N) is 2. The minimum absolute atomic E-state index is 0.359. The van der Waals surface area contributed by atoms with Crippen molar-refractivity contribution in [2.75, 3.05) is 5.73 Å². The molecule has 0 radical (unpaired) electrons. The van der Waals surface area contributed by atoms with Gasteiger partial charge in [0.25, 0.3) is 0 Å². The zero-order chi connectivity index (χ0) is 14.5. The zero-order valence-corrected chi connectivity index (χ0v) is 12.3. The van der Waals surface area contributed by atoms with Crippen LogP contribution >= 0.6 is 34.8 Å². The van der Waals surface area contributed by atoms with Gasteiger partial charge in [0.05, 0.1) is 32.6 Å². The summed E-state index contributed by atoms with van der Waals surface area (Å²) in [7, 11) is 0. The second-order valence-electron chi connectivity index (χ2n) is 3.71. The van der Waals surface area contributed by atoms with E-state index in [1.165, 1.54) is 6.20 Å². The van der Waals surface area contributed by atoms with E-state index in [1.807, 2.05) is 6.07 Å². The van der Waals surface area contributed by atoms with Crippen molar-refractivity contribution < 1.29 is 0 Å². The van der Waals surface area contributed by atoms with E-state index >= 15 is 0 Å². The highest BCUT2D eigenvalue weighted by molar-refractivity contribution is 6.39. The fourth-order valence-electron chi connectivity index (χ4n) is 1.42. The summed E-state index contributed by atoms with van der Waals surface area (Å²) >= 11 is 17.7. The van der Waals surface area contributed by atoms with Gasteiger partial charge in [-0.25, -0.2) is 0 Å². The molecule has 0 saturated heterocycles. The largest absolute Gasteiger partial charge is 0.396 e. The van der Waals surface area contributed by atoms with Gasteiger partial charge in [-0.05, 0) is 18.2 Å². The van der Waals surface area contributed by atoms with Crippen molar-refractivity contribution in [3.63, 3.8) is 0 Å². The van der Waals surface area contributed by atoms with E-state index in [4.69, 9.17) is 40.5 Å². The van der Waals surface area contributed by atoms with Crippen LogP contribution < -0.4 is 5.73 Å².